The summed E-state index contributed by atoms with van der Waals surface area (Å²) < 4.78 is 0. The van der Waals surface area contributed by atoms with Crippen molar-refractivity contribution in [3.8, 4) is 0 Å². The normalized spacial score (nSPS) is 20.5. The fraction of sp³-hybridized carbons (Fsp3) is 0.556. The van der Waals surface area contributed by atoms with E-state index < -0.39 is 0 Å². The van der Waals surface area contributed by atoms with Crippen molar-refractivity contribution in [3.63, 3.8) is 0 Å². The van der Waals surface area contributed by atoms with Gasteiger partial charge in [0, 0.05) is 24.2 Å². The van der Waals surface area contributed by atoms with Crippen LogP contribution < -0.4 is 5.32 Å². The molecule has 0 radical (unpaired) electrons. The van der Waals surface area contributed by atoms with Gasteiger partial charge in [-0.2, -0.15) is 0 Å². The number of nitrogens with one attached hydrogen (secondary N) is 1. The zero-order chi connectivity index (χ0) is 16.0. The highest BCUT2D eigenvalue weighted by Crippen LogP contribution is 2.41. The molecule has 0 saturated carbocycles. The van der Waals surface area contributed by atoms with Crippen LogP contribution in [-0.4, -0.2) is 29.8 Å². The summed E-state index contributed by atoms with van der Waals surface area (Å²) in [6, 6.07) is 8.01. The molecule has 4 nitrogen and oxygen atoms in total. The van der Waals surface area contributed by atoms with E-state index in [0.29, 0.717) is 13.1 Å². The Morgan fingerprint density at radius 1 is 1.18 bits per heavy atom. The van der Waals surface area contributed by atoms with Crippen molar-refractivity contribution in [1.29, 1.82) is 0 Å². The molecule has 0 bridgehead atoms. The first-order valence-corrected chi connectivity index (χ1v) is 8.01. The van der Waals surface area contributed by atoms with Crippen molar-refractivity contribution in [1.82, 2.24) is 4.90 Å². The van der Waals surface area contributed by atoms with Crippen molar-refractivity contribution >= 4 is 17.5 Å². The van der Waals surface area contributed by atoms with E-state index in [1.165, 1.54) is 5.56 Å². The van der Waals surface area contributed by atoms with Crippen LogP contribution in [0, 0.1) is 10.8 Å². The average molecular weight is 300 g/mol. The Morgan fingerprint density at radius 3 is 2.45 bits per heavy atom. The Labute approximate surface area is 131 Å². The number of amides is 2. The maximum Gasteiger partial charge on any atom is 0.231 e. The lowest BCUT2D eigenvalue weighted by atomic mass is 9.70. The number of rotatable bonds is 0. The smallest absolute Gasteiger partial charge is 0.231 e. The van der Waals surface area contributed by atoms with Gasteiger partial charge in [0.2, 0.25) is 11.8 Å². The van der Waals surface area contributed by atoms with Gasteiger partial charge in [0.1, 0.15) is 0 Å². The molecule has 2 aliphatic heterocycles. The molecule has 4 heteroatoms. The van der Waals surface area contributed by atoms with Gasteiger partial charge in [0.05, 0.1) is 5.41 Å². The third-order valence-corrected chi connectivity index (χ3v) is 4.93. The number of piperidine rings is 1. The number of hydrogen-bond acceptors (Lipinski definition) is 2. The van der Waals surface area contributed by atoms with Gasteiger partial charge in [0.25, 0.3) is 0 Å². The predicted molar refractivity (Wildman–Crippen MR) is 86.5 cm³/mol. The lowest BCUT2D eigenvalue weighted by molar-refractivity contribution is -0.144. The molecule has 0 unspecified atom stereocenters. The van der Waals surface area contributed by atoms with Crippen LogP contribution in [0.1, 0.15) is 39.2 Å². The second kappa shape index (κ2) is 5.11. The molecule has 2 amide bonds. The van der Waals surface area contributed by atoms with Gasteiger partial charge in [0.15, 0.2) is 0 Å². The van der Waals surface area contributed by atoms with E-state index in [2.05, 4.69) is 11.4 Å². The van der Waals surface area contributed by atoms with Crippen LogP contribution in [0.3, 0.4) is 0 Å². The van der Waals surface area contributed by atoms with Crippen molar-refractivity contribution < 1.29 is 9.59 Å². The maximum atomic E-state index is 12.6. The molecular weight excluding hydrogens is 276 g/mol. The molecule has 3 rings (SSSR count). The molecular formula is C18H24N2O2. The SMILES string of the molecule is CC(C)(C)C(=O)N1CCC2(CC1)Cc1ccccc1NC2=O. The first-order chi connectivity index (χ1) is 10.3. The number of anilines is 1. The number of benzene rings is 1. The van der Waals surface area contributed by atoms with E-state index in [-0.39, 0.29) is 22.6 Å². The minimum atomic E-state index is -0.355. The quantitative estimate of drug-likeness (QED) is 0.801. The highest BCUT2D eigenvalue weighted by molar-refractivity contribution is 5.98. The van der Waals surface area contributed by atoms with Crippen LogP contribution >= 0.6 is 0 Å². The molecule has 1 aromatic rings. The molecule has 2 heterocycles. The Kier molecular flexibility index (Phi) is 3.50. The number of para-hydroxylation sites is 1. The third-order valence-electron chi connectivity index (χ3n) is 4.93. The van der Waals surface area contributed by atoms with E-state index in [4.69, 9.17) is 0 Å². The average Bonchev–Trinajstić information content (AvgIpc) is 2.48. The number of fused-ring (bicyclic) bond motifs is 1. The summed E-state index contributed by atoms with van der Waals surface area (Å²) >= 11 is 0. The van der Waals surface area contributed by atoms with Gasteiger partial charge < -0.3 is 10.2 Å². The molecule has 1 N–H and O–H groups in total. The Morgan fingerprint density at radius 2 is 1.82 bits per heavy atom. The highest BCUT2D eigenvalue weighted by Gasteiger charge is 2.45. The number of carbonyl (C=O) groups is 2. The minimum Gasteiger partial charge on any atom is -0.342 e. The van der Waals surface area contributed by atoms with E-state index in [1.807, 2.05) is 43.9 Å². The van der Waals surface area contributed by atoms with Crippen molar-refractivity contribution in [2.75, 3.05) is 18.4 Å². The minimum absolute atomic E-state index is 0.119. The van der Waals surface area contributed by atoms with Crippen LogP contribution in [0.5, 0.6) is 0 Å². The fourth-order valence-electron chi connectivity index (χ4n) is 3.51. The molecule has 1 spiro atoms. The van der Waals surface area contributed by atoms with Gasteiger partial charge in [-0.15, -0.1) is 0 Å². The summed E-state index contributed by atoms with van der Waals surface area (Å²) in [5.41, 5.74) is 1.44. The van der Waals surface area contributed by atoms with Gasteiger partial charge in [-0.25, -0.2) is 0 Å². The van der Waals surface area contributed by atoms with Gasteiger partial charge >= 0.3 is 0 Å². The second-order valence-electron chi connectivity index (χ2n) is 7.61. The van der Waals surface area contributed by atoms with Gasteiger partial charge in [-0.05, 0) is 30.9 Å². The van der Waals surface area contributed by atoms with E-state index >= 15 is 0 Å². The first kappa shape index (κ1) is 15.1. The molecule has 118 valence electrons. The number of hydrogen-bond donors (Lipinski definition) is 1. The first-order valence-electron chi connectivity index (χ1n) is 8.01. The van der Waals surface area contributed by atoms with E-state index in [1.54, 1.807) is 0 Å². The summed E-state index contributed by atoms with van der Waals surface area (Å²) in [6.45, 7) is 7.19. The lowest BCUT2D eigenvalue weighted by Crippen LogP contribution is -2.52. The lowest BCUT2D eigenvalue weighted by Gasteiger charge is -2.44. The summed E-state index contributed by atoms with van der Waals surface area (Å²) in [6.07, 6.45) is 2.27. The van der Waals surface area contributed by atoms with Crippen molar-refractivity contribution in [3.05, 3.63) is 29.8 Å². The highest BCUT2D eigenvalue weighted by atomic mass is 16.2. The molecule has 0 aliphatic carbocycles. The Bertz CT molecular complexity index is 608. The van der Waals surface area contributed by atoms with Crippen molar-refractivity contribution in [2.45, 2.75) is 40.0 Å². The monoisotopic (exact) mass is 300 g/mol. The van der Waals surface area contributed by atoms with Crippen LogP contribution in [0.15, 0.2) is 24.3 Å². The number of nitrogens with zero attached hydrogens (tertiary/aromatic N) is 1. The summed E-state index contributed by atoms with van der Waals surface area (Å²) in [5, 5.41) is 3.05. The standard InChI is InChI=1S/C18H24N2O2/c1-17(2,3)16(22)20-10-8-18(9-11-20)12-13-6-4-5-7-14(13)19-15(18)21/h4-7H,8-12H2,1-3H3,(H,19,21). The third kappa shape index (κ3) is 2.51. The number of likely N-dealkylation sites (tertiary alicyclic amines) is 1. The number of carbonyl (C=O) groups excluding carboxylic acids is 2. The summed E-state index contributed by atoms with van der Waals surface area (Å²) in [7, 11) is 0. The largest absolute Gasteiger partial charge is 0.342 e. The zero-order valence-corrected chi connectivity index (χ0v) is 13.6. The van der Waals surface area contributed by atoms with E-state index in [0.717, 1.165) is 24.9 Å². The molecule has 22 heavy (non-hydrogen) atoms. The maximum absolute atomic E-state index is 12.6. The van der Waals surface area contributed by atoms with Crippen LogP contribution in [0.4, 0.5) is 5.69 Å². The van der Waals surface area contributed by atoms with Crippen LogP contribution in [0.25, 0.3) is 0 Å². The summed E-state index contributed by atoms with van der Waals surface area (Å²) in [4.78, 5) is 26.9. The molecule has 2 aliphatic rings. The second-order valence-corrected chi connectivity index (χ2v) is 7.61. The fourth-order valence-corrected chi connectivity index (χ4v) is 3.51. The van der Waals surface area contributed by atoms with E-state index in [9.17, 15) is 9.59 Å². The zero-order valence-electron chi connectivity index (χ0n) is 13.6. The molecule has 0 atom stereocenters. The van der Waals surface area contributed by atoms with Gasteiger partial charge in [-0.1, -0.05) is 39.0 Å². The molecule has 1 saturated heterocycles. The molecule has 0 aromatic heterocycles. The van der Waals surface area contributed by atoms with Crippen molar-refractivity contribution in [2.24, 2.45) is 10.8 Å². The summed E-state index contributed by atoms with van der Waals surface area (Å²) in [5.74, 6) is 0.299. The molecule has 1 fully saturated rings. The van der Waals surface area contributed by atoms with Gasteiger partial charge in [-0.3, -0.25) is 9.59 Å². The predicted octanol–water partition coefficient (Wildman–Crippen LogP) is 2.84. The molecule has 1 aromatic carbocycles. The Balaban J connectivity index is 1.76. The van der Waals surface area contributed by atoms with Crippen LogP contribution in [0.2, 0.25) is 0 Å². The van der Waals surface area contributed by atoms with Crippen LogP contribution in [-0.2, 0) is 16.0 Å². The topological polar surface area (TPSA) is 49.4 Å². The Hall–Kier alpha value is -1.84.